The van der Waals surface area contributed by atoms with E-state index in [-0.39, 0.29) is 5.92 Å². The summed E-state index contributed by atoms with van der Waals surface area (Å²) in [6.07, 6.45) is 0. The Morgan fingerprint density at radius 2 is 1.89 bits per heavy atom. The molecule has 0 aliphatic heterocycles. The van der Waals surface area contributed by atoms with Crippen LogP contribution in [0, 0.1) is 28.9 Å². The smallest absolute Gasteiger partial charge is 0.207 e. The molecule has 104 valence electrons. The maximum absolute atomic E-state index is 13.1. The summed E-state index contributed by atoms with van der Waals surface area (Å²) >= 11 is 0. The lowest BCUT2D eigenvalue weighted by atomic mass is 9.92. The van der Waals surface area contributed by atoms with Gasteiger partial charge in [-0.1, -0.05) is 13.8 Å². The van der Waals surface area contributed by atoms with E-state index in [1.165, 1.54) is 6.92 Å². The first-order valence-electron chi connectivity index (χ1n) is 5.52. The van der Waals surface area contributed by atoms with Crippen molar-refractivity contribution in [2.75, 3.05) is 0 Å². The standard InChI is InChI=1S/C12H14F2N2O2S/c1-8(2)12(3,7-15)16-19(17,18)9-4-5-10(13)11(14)6-9/h4-6,8,16H,1-3H3/t12-/m1/s1. The zero-order valence-corrected chi connectivity index (χ0v) is 11.6. The van der Waals surface area contributed by atoms with Crippen LogP contribution in [0.4, 0.5) is 8.78 Å². The first-order valence-corrected chi connectivity index (χ1v) is 7.01. The molecule has 0 spiro atoms. The second-order valence-electron chi connectivity index (χ2n) is 4.65. The van der Waals surface area contributed by atoms with Crippen LogP contribution >= 0.6 is 0 Å². The Morgan fingerprint density at radius 3 is 2.32 bits per heavy atom. The molecule has 0 fully saturated rings. The second kappa shape index (κ2) is 5.23. The fraction of sp³-hybridized carbons (Fsp3) is 0.417. The van der Waals surface area contributed by atoms with Crippen LogP contribution in [0.25, 0.3) is 0 Å². The van der Waals surface area contributed by atoms with Crippen molar-refractivity contribution in [3.63, 3.8) is 0 Å². The molecular formula is C12H14F2N2O2S. The average Bonchev–Trinajstić information content (AvgIpc) is 2.31. The molecule has 0 aliphatic carbocycles. The van der Waals surface area contributed by atoms with Crippen LogP contribution in [0.5, 0.6) is 0 Å². The van der Waals surface area contributed by atoms with E-state index in [0.29, 0.717) is 6.07 Å². The summed E-state index contributed by atoms with van der Waals surface area (Å²) in [5.41, 5.74) is -1.33. The third kappa shape index (κ3) is 3.28. The number of nitriles is 1. The van der Waals surface area contributed by atoms with Crippen molar-refractivity contribution in [3.8, 4) is 6.07 Å². The lowest BCUT2D eigenvalue weighted by Crippen LogP contribution is -2.48. The van der Waals surface area contributed by atoms with Gasteiger partial charge in [0.1, 0.15) is 5.54 Å². The molecule has 1 rings (SSSR count). The average molecular weight is 288 g/mol. The van der Waals surface area contributed by atoms with Crippen LogP contribution in [0.1, 0.15) is 20.8 Å². The highest BCUT2D eigenvalue weighted by atomic mass is 32.2. The number of halogens is 2. The van der Waals surface area contributed by atoms with E-state index in [1.807, 2.05) is 6.07 Å². The predicted molar refractivity (Wildman–Crippen MR) is 65.5 cm³/mol. The van der Waals surface area contributed by atoms with Crippen molar-refractivity contribution in [3.05, 3.63) is 29.8 Å². The summed E-state index contributed by atoms with van der Waals surface area (Å²) in [6.45, 7) is 4.78. The second-order valence-corrected chi connectivity index (χ2v) is 6.33. The number of sulfonamides is 1. The summed E-state index contributed by atoms with van der Waals surface area (Å²) in [6, 6.07) is 4.12. The predicted octanol–water partition coefficient (Wildman–Crippen LogP) is 2.18. The van der Waals surface area contributed by atoms with Crippen LogP contribution < -0.4 is 4.72 Å². The zero-order valence-electron chi connectivity index (χ0n) is 10.7. The molecular weight excluding hydrogens is 274 g/mol. The Labute approximate surface area is 111 Å². The van der Waals surface area contributed by atoms with Crippen LogP contribution in [0.15, 0.2) is 23.1 Å². The van der Waals surface area contributed by atoms with Gasteiger partial charge in [-0.15, -0.1) is 0 Å². The van der Waals surface area contributed by atoms with Gasteiger partial charge in [-0.25, -0.2) is 17.2 Å². The number of hydrogen-bond acceptors (Lipinski definition) is 3. The molecule has 0 saturated carbocycles. The minimum Gasteiger partial charge on any atom is -0.207 e. The van der Waals surface area contributed by atoms with Gasteiger partial charge in [0.25, 0.3) is 0 Å². The summed E-state index contributed by atoms with van der Waals surface area (Å²) in [5, 5.41) is 9.05. The Bertz CT molecular complexity index is 623. The van der Waals surface area contributed by atoms with Crippen LogP contribution in [-0.2, 0) is 10.0 Å². The summed E-state index contributed by atoms with van der Waals surface area (Å²) < 4.78 is 52.1. The summed E-state index contributed by atoms with van der Waals surface area (Å²) in [5.74, 6) is -2.69. The van der Waals surface area contributed by atoms with E-state index < -0.39 is 32.1 Å². The molecule has 4 nitrogen and oxygen atoms in total. The Balaban J connectivity index is 3.19. The first-order chi connectivity index (χ1) is 8.62. The molecule has 7 heteroatoms. The molecule has 1 atom stereocenters. The van der Waals surface area contributed by atoms with Crippen LogP contribution in [-0.4, -0.2) is 14.0 Å². The van der Waals surface area contributed by atoms with E-state index in [1.54, 1.807) is 13.8 Å². The quantitative estimate of drug-likeness (QED) is 0.923. The highest BCUT2D eigenvalue weighted by Gasteiger charge is 2.34. The van der Waals surface area contributed by atoms with Gasteiger partial charge in [0.05, 0.1) is 11.0 Å². The van der Waals surface area contributed by atoms with E-state index in [4.69, 9.17) is 5.26 Å². The van der Waals surface area contributed by atoms with Gasteiger partial charge in [0.15, 0.2) is 11.6 Å². The Kier molecular flexibility index (Phi) is 4.28. The topological polar surface area (TPSA) is 70.0 Å². The maximum Gasteiger partial charge on any atom is 0.242 e. The molecule has 1 aromatic rings. The molecule has 0 unspecified atom stereocenters. The molecule has 0 bridgehead atoms. The van der Waals surface area contributed by atoms with Gasteiger partial charge < -0.3 is 0 Å². The highest BCUT2D eigenvalue weighted by molar-refractivity contribution is 7.89. The molecule has 0 aromatic heterocycles. The fourth-order valence-electron chi connectivity index (χ4n) is 1.25. The number of rotatable bonds is 4. The fourth-order valence-corrected chi connectivity index (χ4v) is 2.72. The van der Waals surface area contributed by atoms with Crippen molar-refractivity contribution < 1.29 is 17.2 Å². The highest BCUT2D eigenvalue weighted by Crippen LogP contribution is 2.20. The van der Waals surface area contributed by atoms with Crippen LogP contribution in [0.3, 0.4) is 0 Å². The molecule has 19 heavy (non-hydrogen) atoms. The summed E-state index contributed by atoms with van der Waals surface area (Å²) in [7, 11) is -4.09. The zero-order chi connectivity index (χ0) is 14.8. The monoisotopic (exact) mass is 288 g/mol. The molecule has 1 aromatic carbocycles. The minimum atomic E-state index is -4.09. The van der Waals surface area contributed by atoms with Gasteiger partial charge in [-0.05, 0) is 31.0 Å². The first kappa shape index (κ1) is 15.5. The number of benzene rings is 1. The number of hydrogen-bond donors (Lipinski definition) is 1. The van der Waals surface area contributed by atoms with Crippen molar-refractivity contribution >= 4 is 10.0 Å². The molecule has 0 saturated heterocycles. The minimum absolute atomic E-state index is 0.294. The lowest BCUT2D eigenvalue weighted by Gasteiger charge is -2.26. The largest absolute Gasteiger partial charge is 0.242 e. The number of nitrogens with zero attached hydrogens (tertiary/aromatic N) is 1. The molecule has 0 aliphatic rings. The van der Waals surface area contributed by atoms with Gasteiger partial charge in [0, 0.05) is 0 Å². The van der Waals surface area contributed by atoms with E-state index in [9.17, 15) is 17.2 Å². The van der Waals surface area contributed by atoms with Crippen molar-refractivity contribution in [2.45, 2.75) is 31.2 Å². The van der Waals surface area contributed by atoms with E-state index >= 15 is 0 Å². The van der Waals surface area contributed by atoms with Gasteiger partial charge in [-0.3, -0.25) is 0 Å². The SMILES string of the molecule is CC(C)[C@@](C)(C#N)NS(=O)(=O)c1ccc(F)c(F)c1. The molecule has 0 radical (unpaired) electrons. The maximum atomic E-state index is 13.1. The summed E-state index contributed by atoms with van der Waals surface area (Å²) in [4.78, 5) is -0.423. The Morgan fingerprint density at radius 1 is 1.32 bits per heavy atom. The molecule has 0 heterocycles. The van der Waals surface area contributed by atoms with Crippen molar-refractivity contribution in [1.29, 1.82) is 5.26 Å². The van der Waals surface area contributed by atoms with E-state index in [0.717, 1.165) is 12.1 Å². The van der Waals surface area contributed by atoms with Crippen molar-refractivity contribution in [1.82, 2.24) is 4.72 Å². The lowest BCUT2D eigenvalue weighted by molar-refractivity contribution is 0.388. The third-order valence-electron chi connectivity index (χ3n) is 2.93. The van der Waals surface area contributed by atoms with Crippen molar-refractivity contribution in [2.24, 2.45) is 5.92 Å². The molecule has 0 amide bonds. The normalized spacial score (nSPS) is 15.0. The van der Waals surface area contributed by atoms with Crippen LogP contribution in [0.2, 0.25) is 0 Å². The van der Waals surface area contributed by atoms with Gasteiger partial charge >= 0.3 is 0 Å². The van der Waals surface area contributed by atoms with E-state index in [2.05, 4.69) is 4.72 Å². The Hall–Kier alpha value is -1.52. The molecule has 1 N–H and O–H groups in total. The number of nitrogens with one attached hydrogen (secondary N) is 1. The van der Waals surface area contributed by atoms with Gasteiger partial charge in [0.2, 0.25) is 10.0 Å². The van der Waals surface area contributed by atoms with Gasteiger partial charge in [-0.2, -0.15) is 9.98 Å². The third-order valence-corrected chi connectivity index (χ3v) is 4.50.